The van der Waals surface area contributed by atoms with Gasteiger partial charge in [0.15, 0.2) is 0 Å². The Morgan fingerprint density at radius 2 is 1.76 bits per heavy atom. The summed E-state index contributed by atoms with van der Waals surface area (Å²) in [6.45, 7) is 6.03. The minimum absolute atomic E-state index is 0.325. The second kappa shape index (κ2) is 15.8. The molecule has 0 atom stereocenters. The molecule has 7 rings (SSSR count). The standard InChI is InChI=1S/C40H42N8O3/c1-3-4-7-30-23-39(48(47-30)31-12-10-27(2)11-13-31)46-40(49)44-34-14-15-36(33-9-6-5-8-32(33)34)51-26-28-16-19-42-37(22-28)45-38-25-41-24-35(43-38)29-17-20-50-21-18-29/h5-6,8-16,19,22-25,29H,3-4,7,17-18,20-21,26H2,1-2H3,(H,42,43,45)(H2,44,46,49). The predicted octanol–water partition coefficient (Wildman–Crippen LogP) is 8.72. The molecule has 0 aliphatic carbocycles. The number of nitrogens with zero attached hydrogens (tertiary/aromatic N) is 5. The Balaban J connectivity index is 1.03. The Morgan fingerprint density at radius 1 is 0.941 bits per heavy atom. The second-order valence-corrected chi connectivity index (χ2v) is 12.8. The first kappa shape index (κ1) is 33.7. The summed E-state index contributed by atoms with van der Waals surface area (Å²) in [6.07, 6.45) is 10.1. The third-order valence-electron chi connectivity index (χ3n) is 8.97. The van der Waals surface area contributed by atoms with E-state index in [0.29, 0.717) is 41.4 Å². The van der Waals surface area contributed by atoms with Gasteiger partial charge in [0.1, 0.15) is 29.8 Å². The van der Waals surface area contributed by atoms with Gasteiger partial charge in [0.2, 0.25) is 0 Å². The van der Waals surface area contributed by atoms with Crippen LogP contribution < -0.4 is 20.7 Å². The molecule has 4 heterocycles. The number of hydrogen-bond donors (Lipinski definition) is 3. The second-order valence-electron chi connectivity index (χ2n) is 12.8. The number of fused-ring (bicyclic) bond motifs is 1. The zero-order valence-electron chi connectivity index (χ0n) is 28.9. The minimum Gasteiger partial charge on any atom is -0.488 e. The topological polar surface area (TPSA) is 128 Å². The van der Waals surface area contributed by atoms with E-state index in [1.165, 1.54) is 0 Å². The van der Waals surface area contributed by atoms with Gasteiger partial charge < -0.3 is 20.1 Å². The molecule has 0 radical (unpaired) electrons. The average molecular weight is 683 g/mol. The fourth-order valence-corrected chi connectivity index (χ4v) is 6.21. The van der Waals surface area contributed by atoms with Gasteiger partial charge in [-0.1, -0.05) is 55.3 Å². The van der Waals surface area contributed by atoms with Crippen molar-refractivity contribution in [3.05, 3.63) is 120 Å². The van der Waals surface area contributed by atoms with E-state index in [9.17, 15) is 4.79 Å². The van der Waals surface area contributed by atoms with Crippen molar-refractivity contribution in [2.75, 3.05) is 29.2 Å². The minimum atomic E-state index is -0.357. The van der Waals surface area contributed by atoms with Gasteiger partial charge in [0.05, 0.1) is 29.0 Å². The lowest BCUT2D eigenvalue weighted by Crippen LogP contribution is -2.21. The van der Waals surface area contributed by atoms with E-state index in [1.807, 2.05) is 92.0 Å². The number of nitrogens with one attached hydrogen (secondary N) is 3. The largest absolute Gasteiger partial charge is 0.488 e. The maximum Gasteiger partial charge on any atom is 0.324 e. The van der Waals surface area contributed by atoms with Gasteiger partial charge in [0.25, 0.3) is 0 Å². The number of urea groups is 1. The van der Waals surface area contributed by atoms with E-state index in [1.54, 1.807) is 17.1 Å². The third-order valence-corrected chi connectivity index (χ3v) is 8.97. The fourth-order valence-electron chi connectivity index (χ4n) is 6.21. The predicted molar refractivity (Wildman–Crippen MR) is 200 cm³/mol. The Bertz CT molecular complexity index is 2110. The summed E-state index contributed by atoms with van der Waals surface area (Å²) < 4.78 is 13.6. The van der Waals surface area contributed by atoms with Gasteiger partial charge in [-0.2, -0.15) is 5.10 Å². The van der Waals surface area contributed by atoms with Gasteiger partial charge in [0, 0.05) is 48.4 Å². The van der Waals surface area contributed by atoms with Crippen LogP contribution in [0, 0.1) is 6.92 Å². The van der Waals surface area contributed by atoms with Gasteiger partial charge in [-0.15, -0.1) is 0 Å². The first-order valence-corrected chi connectivity index (χ1v) is 17.5. The highest BCUT2D eigenvalue weighted by atomic mass is 16.5. The van der Waals surface area contributed by atoms with E-state index in [0.717, 1.165) is 84.3 Å². The lowest BCUT2D eigenvalue weighted by atomic mass is 9.97. The molecule has 0 bridgehead atoms. The van der Waals surface area contributed by atoms with Gasteiger partial charge in [-0.25, -0.2) is 19.4 Å². The smallest absolute Gasteiger partial charge is 0.324 e. The molecule has 3 aromatic heterocycles. The van der Waals surface area contributed by atoms with E-state index >= 15 is 0 Å². The Kier molecular flexibility index (Phi) is 10.4. The number of rotatable bonds is 12. The molecule has 2 amide bonds. The molecule has 1 aliphatic heterocycles. The summed E-state index contributed by atoms with van der Waals surface area (Å²) in [5.41, 5.74) is 5.55. The van der Waals surface area contributed by atoms with Crippen LogP contribution in [0.15, 0.2) is 97.5 Å². The molecule has 11 nitrogen and oxygen atoms in total. The monoisotopic (exact) mass is 682 g/mol. The molecule has 6 aromatic rings. The zero-order valence-corrected chi connectivity index (χ0v) is 28.9. The van der Waals surface area contributed by atoms with Crippen LogP contribution in [0.3, 0.4) is 0 Å². The summed E-state index contributed by atoms with van der Waals surface area (Å²) in [5.74, 6) is 2.97. The van der Waals surface area contributed by atoms with Gasteiger partial charge in [-0.05, 0) is 74.6 Å². The molecule has 3 aromatic carbocycles. The maximum absolute atomic E-state index is 13.4. The van der Waals surface area contributed by atoms with Crippen molar-refractivity contribution in [1.82, 2.24) is 24.7 Å². The third kappa shape index (κ3) is 8.33. The maximum atomic E-state index is 13.4. The number of benzene rings is 3. The van der Waals surface area contributed by atoms with Crippen LogP contribution in [0.5, 0.6) is 5.75 Å². The highest BCUT2D eigenvalue weighted by Crippen LogP contribution is 2.33. The fraction of sp³-hybridized carbons (Fsp3) is 0.275. The average Bonchev–Trinajstić information content (AvgIpc) is 3.56. The number of ether oxygens (including phenoxy) is 2. The summed E-state index contributed by atoms with van der Waals surface area (Å²) in [7, 11) is 0. The molecule has 51 heavy (non-hydrogen) atoms. The van der Waals surface area contributed by atoms with Crippen molar-refractivity contribution in [3.8, 4) is 11.4 Å². The Labute approximate surface area is 297 Å². The van der Waals surface area contributed by atoms with Crippen LogP contribution in [0.25, 0.3) is 16.5 Å². The summed E-state index contributed by atoms with van der Waals surface area (Å²) in [4.78, 5) is 27.1. The van der Waals surface area contributed by atoms with Gasteiger partial charge >= 0.3 is 6.03 Å². The number of carbonyl (C=O) groups excluding carboxylic acids is 1. The molecule has 0 unspecified atom stereocenters. The molecular weight excluding hydrogens is 640 g/mol. The lowest BCUT2D eigenvalue weighted by Gasteiger charge is -2.21. The molecule has 1 fully saturated rings. The molecule has 1 aliphatic rings. The van der Waals surface area contributed by atoms with Crippen molar-refractivity contribution in [2.24, 2.45) is 0 Å². The summed E-state index contributed by atoms with van der Waals surface area (Å²) in [5, 5.41) is 15.9. The van der Waals surface area contributed by atoms with E-state index in [2.05, 4.69) is 32.8 Å². The number of pyridine rings is 1. The van der Waals surface area contributed by atoms with Crippen molar-refractivity contribution in [3.63, 3.8) is 0 Å². The molecule has 260 valence electrons. The quantitative estimate of drug-likeness (QED) is 0.117. The SMILES string of the molecule is CCCCc1cc(NC(=O)Nc2ccc(OCc3ccnc(Nc4cncc(C5CCOCC5)n4)c3)c3ccccc23)n(-c2ccc(C)cc2)n1. The van der Waals surface area contributed by atoms with Crippen molar-refractivity contribution in [1.29, 1.82) is 0 Å². The number of aryl methyl sites for hydroxylation is 2. The number of anilines is 4. The van der Waals surface area contributed by atoms with Crippen LogP contribution in [-0.2, 0) is 17.8 Å². The first-order valence-electron chi connectivity index (χ1n) is 17.5. The highest BCUT2D eigenvalue weighted by Gasteiger charge is 2.18. The molecule has 0 saturated carbocycles. The molecule has 0 spiro atoms. The number of amides is 2. The highest BCUT2D eigenvalue weighted by molar-refractivity contribution is 6.07. The lowest BCUT2D eigenvalue weighted by molar-refractivity contribution is 0.0844. The molecule has 3 N–H and O–H groups in total. The normalized spacial score (nSPS) is 13.2. The number of aromatic nitrogens is 5. The summed E-state index contributed by atoms with van der Waals surface area (Å²) >= 11 is 0. The Morgan fingerprint density at radius 3 is 2.59 bits per heavy atom. The van der Waals surface area contributed by atoms with Crippen LogP contribution in [0.1, 0.15) is 61.0 Å². The number of unbranched alkanes of at least 4 members (excludes halogenated alkanes) is 1. The van der Waals surface area contributed by atoms with Crippen molar-refractivity contribution >= 4 is 39.9 Å². The van der Waals surface area contributed by atoms with Crippen molar-refractivity contribution < 1.29 is 14.3 Å². The van der Waals surface area contributed by atoms with Crippen LogP contribution >= 0.6 is 0 Å². The summed E-state index contributed by atoms with van der Waals surface area (Å²) in [6, 6.07) is 25.2. The van der Waals surface area contributed by atoms with Crippen molar-refractivity contribution in [2.45, 2.75) is 58.5 Å². The molecule has 11 heteroatoms. The van der Waals surface area contributed by atoms with E-state index in [-0.39, 0.29) is 6.03 Å². The Hall–Kier alpha value is -5.81. The number of carbonyl (C=O) groups is 1. The van der Waals surface area contributed by atoms with Crippen LogP contribution in [-0.4, -0.2) is 44.0 Å². The van der Waals surface area contributed by atoms with Crippen LogP contribution in [0.4, 0.5) is 27.9 Å². The van der Waals surface area contributed by atoms with E-state index in [4.69, 9.17) is 19.6 Å². The zero-order chi connectivity index (χ0) is 35.0. The van der Waals surface area contributed by atoms with Gasteiger partial charge in [-0.3, -0.25) is 10.3 Å². The first-order chi connectivity index (χ1) is 25.0. The van der Waals surface area contributed by atoms with Crippen LogP contribution in [0.2, 0.25) is 0 Å². The number of hydrogen-bond acceptors (Lipinski definition) is 8. The molecule has 1 saturated heterocycles. The van der Waals surface area contributed by atoms with E-state index < -0.39 is 0 Å². The molecular formula is C40H42N8O3.